The zero-order valence-electron chi connectivity index (χ0n) is 9.91. The largest absolute Gasteiger partial charge is 0.481 e. The number of rotatable bonds is 6. The highest BCUT2D eigenvalue weighted by molar-refractivity contribution is 5.68. The Labute approximate surface area is 103 Å². The molecule has 0 fully saturated rings. The summed E-state index contributed by atoms with van der Waals surface area (Å²) in [6.45, 7) is 0.376. The van der Waals surface area contributed by atoms with Crippen molar-refractivity contribution in [2.75, 3.05) is 19.0 Å². The zero-order valence-corrected chi connectivity index (χ0v) is 9.91. The van der Waals surface area contributed by atoms with Crippen molar-refractivity contribution in [1.82, 2.24) is 14.6 Å². The first-order valence-corrected chi connectivity index (χ1v) is 5.47. The van der Waals surface area contributed by atoms with Gasteiger partial charge in [0.2, 0.25) is 0 Å². The third-order valence-electron chi connectivity index (χ3n) is 2.56. The first kappa shape index (κ1) is 12.3. The van der Waals surface area contributed by atoms with E-state index >= 15 is 0 Å². The van der Waals surface area contributed by atoms with Gasteiger partial charge in [-0.25, -0.2) is 9.50 Å². The van der Waals surface area contributed by atoms with Gasteiger partial charge in [-0.1, -0.05) is 0 Å². The summed E-state index contributed by atoms with van der Waals surface area (Å²) in [5.74, 6) is -0.235. The molecule has 0 spiro atoms. The first-order chi connectivity index (χ1) is 8.70. The molecule has 2 aromatic rings. The smallest absolute Gasteiger partial charge is 0.306 e. The molecule has 7 nitrogen and oxygen atoms in total. The number of nitrogens with zero attached hydrogens (tertiary/aromatic N) is 3. The number of methoxy groups -OCH3 is 1. The molecule has 0 aliphatic heterocycles. The van der Waals surface area contributed by atoms with Gasteiger partial charge in [-0.3, -0.25) is 4.79 Å². The van der Waals surface area contributed by atoms with E-state index in [4.69, 9.17) is 9.84 Å². The molecule has 96 valence electrons. The fourth-order valence-electron chi connectivity index (χ4n) is 1.64. The molecule has 2 heterocycles. The number of anilines is 1. The molecular formula is C11H14N4O3. The maximum atomic E-state index is 10.6. The van der Waals surface area contributed by atoms with E-state index in [-0.39, 0.29) is 6.42 Å². The Morgan fingerprint density at radius 2 is 2.44 bits per heavy atom. The van der Waals surface area contributed by atoms with E-state index in [0.29, 0.717) is 12.4 Å². The van der Waals surface area contributed by atoms with E-state index < -0.39 is 12.1 Å². The van der Waals surface area contributed by atoms with Crippen LogP contribution in [0.3, 0.4) is 0 Å². The quantitative estimate of drug-likeness (QED) is 0.781. The highest BCUT2D eigenvalue weighted by Gasteiger charge is 2.13. The normalized spacial score (nSPS) is 12.5. The number of aliphatic carboxylic acids is 1. The summed E-state index contributed by atoms with van der Waals surface area (Å²) in [7, 11) is 1.49. The molecule has 0 bridgehead atoms. The van der Waals surface area contributed by atoms with Crippen molar-refractivity contribution in [3.05, 3.63) is 24.7 Å². The van der Waals surface area contributed by atoms with Crippen molar-refractivity contribution in [1.29, 1.82) is 0 Å². The summed E-state index contributed by atoms with van der Waals surface area (Å²) >= 11 is 0. The molecule has 18 heavy (non-hydrogen) atoms. The number of fused-ring (bicyclic) bond motifs is 1. The molecule has 2 rings (SSSR count). The Balaban J connectivity index is 2.05. The molecule has 0 aliphatic rings. The summed E-state index contributed by atoms with van der Waals surface area (Å²) in [5, 5.41) is 15.9. The topological polar surface area (TPSA) is 88.8 Å². The molecule has 0 saturated heterocycles. The summed E-state index contributed by atoms with van der Waals surface area (Å²) in [6.07, 6.45) is 4.60. The van der Waals surface area contributed by atoms with Gasteiger partial charge < -0.3 is 15.2 Å². The van der Waals surface area contributed by atoms with E-state index in [0.717, 1.165) is 5.52 Å². The van der Waals surface area contributed by atoms with Gasteiger partial charge in [0.25, 0.3) is 0 Å². The van der Waals surface area contributed by atoms with Gasteiger partial charge in [-0.2, -0.15) is 5.10 Å². The second-order valence-corrected chi connectivity index (χ2v) is 3.77. The Kier molecular flexibility index (Phi) is 3.73. The van der Waals surface area contributed by atoms with Gasteiger partial charge in [-0.15, -0.1) is 0 Å². The monoisotopic (exact) mass is 250 g/mol. The SMILES string of the molecule is COC(CNc1nccn2nccc12)CC(=O)O. The average molecular weight is 250 g/mol. The van der Waals surface area contributed by atoms with E-state index in [9.17, 15) is 4.79 Å². The van der Waals surface area contributed by atoms with Crippen LogP contribution in [-0.2, 0) is 9.53 Å². The fourth-order valence-corrected chi connectivity index (χ4v) is 1.64. The number of hydrogen-bond donors (Lipinski definition) is 2. The third-order valence-corrected chi connectivity index (χ3v) is 2.56. The van der Waals surface area contributed by atoms with Gasteiger partial charge in [0.05, 0.1) is 18.7 Å². The van der Waals surface area contributed by atoms with Gasteiger partial charge in [0.15, 0.2) is 5.82 Å². The number of ether oxygens (including phenoxy) is 1. The van der Waals surface area contributed by atoms with Crippen molar-refractivity contribution >= 4 is 17.3 Å². The van der Waals surface area contributed by atoms with Crippen LogP contribution in [0.2, 0.25) is 0 Å². The Hall–Kier alpha value is -2.15. The van der Waals surface area contributed by atoms with E-state index in [1.54, 1.807) is 23.1 Å². The number of hydrogen-bond acceptors (Lipinski definition) is 5. The Morgan fingerprint density at radius 1 is 1.61 bits per heavy atom. The number of carboxylic acid groups (broad SMARTS) is 1. The lowest BCUT2D eigenvalue weighted by Gasteiger charge is -2.14. The molecule has 2 aromatic heterocycles. The number of aromatic nitrogens is 3. The number of carbonyl (C=O) groups is 1. The molecule has 2 N–H and O–H groups in total. The van der Waals surface area contributed by atoms with Crippen molar-refractivity contribution in [3.63, 3.8) is 0 Å². The number of carboxylic acids is 1. The Morgan fingerprint density at radius 3 is 3.17 bits per heavy atom. The second kappa shape index (κ2) is 5.46. The molecule has 0 saturated carbocycles. The van der Waals surface area contributed by atoms with Crippen LogP contribution in [-0.4, -0.2) is 45.4 Å². The predicted molar refractivity (Wildman–Crippen MR) is 64.5 cm³/mol. The molecule has 0 aliphatic carbocycles. The van der Waals surface area contributed by atoms with Gasteiger partial charge in [0.1, 0.15) is 5.52 Å². The standard InChI is InChI=1S/C11H14N4O3/c1-18-8(6-10(16)17)7-13-11-9-2-3-14-15(9)5-4-12-11/h2-5,8H,6-7H2,1H3,(H,12,13)(H,16,17). The third kappa shape index (κ3) is 2.75. The minimum atomic E-state index is -0.890. The van der Waals surface area contributed by atoms with Crippen LogP contribution in [0.25, 0.3) is 5.52 Å². The molecular weight excluding hydrogens is 236 g/mol. The summed E-state index contributed by atoms with van der Waals surface area (Å²) in [4.78, 5) is 14.8. The molecule has 0 amide bonds. The van der Waals surface area contributed by atoms with Crippen LogP contribution in [0, 0.1) is 0 Å². The van der Waals surface area contributed by atoms with Crippen molar-refractivity contribution < 1.29 is 14.6 Å². The van der Waals surface area contributed by atoms with Crippen LogP contribution >= 0.6 is 0 Å². The lowest BCUT2D eigenvalue weighted by molar-refractivity contribution is -0.139. The summed E-state index contributed by atoms with van der Waals surface area (Å²) < 4.78 is 6.77. The molecule has 1 atom stereocenters. The van der Waals surface area contributed by atoms with Gasteiger partial charge in [-0.05, 0) is 6.07 Å². The van der Waals surface area contributed by atoms with Crippen LogP contribution in [0.15, 0.2) is 24.7 Å². The van der Waals surface area contributed by atoms with Crippen LogP contribution in [0.1, 0.15) is 6.42 Å². The van der Waals surface area contributed by atoms with Crippen molar-refractivity contribution in [2.45, 2.75) is 12.5 Å². The lowest BCUT2D eigenvalue weighted by Crippen LogP contribution is -2.25. The molecule has 0 radical (unpaired) electrons. The second-order valence-electron chi connectivity index (χ2n) is 3.77. The van der Waals surface area contributed by atoms with E-state index in [2.05, 4.69) is 15.4 Å². The highest BCUT2D eigenvalue weighted by Crippen LogP contribution is 2.12. The Bertz CT molecular complexity index is 540. The van der Waals surface area contributed by atoms with Gasteiger partial charge >= 0.3 is 5.97 Å². The molecule has 0 aromatic carbocycles. The van der Waals surface area contributed by atoms with E-state index in [1.165, 1.54) is 7.11 Å². The summed E-state index contributed by atoms with van der Waals surface area (Å²) in [5.41, 5.74) is 0.836. The van der Waals surface area contributed by atoms with Crippen LogP contribution in [0.4, 0.5) is 5.82 Å². The lowest BCUT2D eigenvalue weighted by atomic mass is 10.2. The minimum Gasteiger partial charge on any atom is -0.481 e. The minimum absolute atomic E-state index is 0.0497. The van der Waals surface area contributed by atoms with Crippen molar-refractivity contribution in [2.24, 2.45) is 0 Å². The molecule has 1 unspecified atom stereocenters. The fraction of sp³-hybridized carbons (Fsp3) is 0.364. The van der Waals surface area contributed by atoms with Crippen molar-refractivity contribution in [3.8, 4) is 0 Å². The van der Waals surface area contributed by atoms with E-state index in [1.807, 2.05) is 6.07 Å². The predicted octanol–water partition coefficient (Wildman–Crippen LogP) is 0.631. The first-order valence-electron chi connectivity index (χ1n) is 5.47. The maximum Gasteiger partial charge on any atom is 0.306 e. The zero-order chi connectivity index (χ0) is 13.0. The average Bonchev–Trinajstić information content (AvgIpc) is 2.82. The number of nitrogens with one attached hydrogen (secondary N) is 1. The highest BCUT2D eigenvalue weighted by atomic mass is 16.5. The molecule has 7 heteroatoms. The maximum absolute atomic E-state index is 10.6. The summed E-state index contributed by atoms with van der Waals surface area (Å²) in [6, 6.07) is 1.83. The van der Waals surface area contributed by atoms with Crippen LogP contribution in [0.5, 0.6) is 0 Å². The van der Waals surface area contributed by atoms with Gasteiger partial charge in [0, 0.05) is 26.0 Å². The van der Waals surface area contributed by atoms with Crippen LogP contribution < -0.4 is 5.32 Å².